The van der Waals surface area contributed by atoms with E-state index in [1.165, 1.54) is 12.3 Å². The average molecular weight is 377 g/mol. The van der Waals surface area contributed by atoms with Crippen LogP contribution < -0.4 is 16.0 Å². The molecule has 0 atom stereocenters. The molecule has 2 amide bonds. The number of anilines is 1. The number of nitrogens with zero attached hydrogens (tertiary/aromatic N) is 2. The zero-order valence-electron chi connectivity index (χ0n) is 14.7. The van der Waals surface area contributed by atoms with Gasteiger partial charge < -0.3 is 20.4 Å². The van der Waals surface area contributed by atoms with Gasteiger partial charge in [0.15, 0.2) is 5.76 Å². The third-order valence-electron chi connectivity index (χ3n) is 4.48. The molecule has 0 spiro atoms. The Hall–Kier alpha value is -2.54. The lowest BCUT2D eigenvalue weighted by molar-refractivity contribution is 0.0900. The molecule has 7 nitrogen and oxygen atoms in total. The van der Waals surface area contributed by atoms with Crippen LogP contribution in [0.5, 0.6) is 0 Å². The first-order valence-electron chi connectivity index (χ1n) is 8.43. The monoisotopic (exact) mass is 376 g/mol. The second-order valence-corrected chi connectivity index (χ2v) is 6.90. The Labute approximate surface area is 156 Å². The number of primary amides is 1. The van der Waals surface area contributed by atoms with Gasteiger partial charge in [-0.3, -0.25) is 9.59 Å². The van der Waals surface area contributed by atoms with Gasteiger partial charge in [-0.15, -0.1) is 0 Å². The minimum absolute atomic E-state index is 0.0622. The zero-order chi connectivity index (χ0) is 18.8. The van der Waals surface area contributed by atoms with Gasteiger partial charge in [-0.25, -0.2) is 4.98 Å². The molecule has 2 aromatic rings. The fraction of sp³-hybridized carbons (Fsp3) is 0.389. The van der Waals surface area contributed by atoms with Gasteiger partial charge in [0.1, 0.15) is 11.6 Å². The number of amides is 2. The van der Waals surface area contributed by atoms with Gasteiger partial charge in [0.25, 0.3) is 5.91 Å². The molecule has 138 valence electrons. The molecule has 1 aliphatic rings. The van der Waals surface area contributed by atoms with Gasteiger partial charge in [-0.1, -0.05) is 11.6 Å². The van der Waals surface area contributed by atoms with E-state index in [4.69, 9.17) is 21.8 Å². The van der Waals surface area contributed by atoms with E-state index < -0.39 is 5.91 Å². The molecule has 0 unspecified atom stereocenters. The van der Waals surface area contributed by atoms with E-state index in [9.17, 15) is 9.59 Å². The lowest BCUT2D eigenvalue weighted by Crippen LogP contribution is -2.45. The number of carbonyl (C=O) groups is 2. The van der Waals surface area contributed by atoms with Crippen molar-refractivity contribution >= 4 is 29.2 Å². The van der Waals surface area contributed by atoms with E-state index >= 15 is 0 Å². The number of furan rings is 1. The first-order valence-corrected chi connectivity index (χ1v) is 8.81. The number of carbonyl (C=O) groups excluding carboxylic acids is 2. The Kier molecular flexibility index (Phi) is 5.18. The highest BCUT2D eigenvalue weighted by Crippen LogP contribution is 2.27. The minimum atomic E-state index is -0.559. The van der Waals surface area contributed by atoms with E-state index in [1.807, 2.05) is 24.8 Å². The molecule has 3 heterocycles. The van der Waals surface area contributed by atoms with Crippen LogP contribution in [-0.2, 0) is 0 Å². The fourth-order valence-electron chi connectivity index (χ4n) is 3.15. The highest BCUT2D eigenvalue weighted by Gasteiger charge is 2.25. The Morgan fingerprint density at radius 1 is 1.31 bits per heavy atom. The van der Waals surface area contributed by atoms with E-state index in [0.29, 0.717) is 29.7 Å². The molecule has 0 aromatic carbocycles. The molecule has 3 rings (SSSR count). The predicted molar refractivity (Wildman–Crippen MR) is 98.6 cm³/mol. The number of nitrogens with two attached hydrogens (primary N) is 1. The van der Waals surface area contributed by atoms with Gasteiger partial charge in [0.05, 0.1) is 10.6 Å². The smallest absolute Gasteiger partial charge is 0.287 e. The van der Waals surface area contributed by atoms with Gasteiger partial charge in [0.2, 0.25) is 5.91 Å². The molecule has 0 saturated carbocycles. The minimum Gasteiger partial charge on any atom is -0.456 e. The third kappa shape index (κ3) is 3.83. The summed E-state index contributed by atoms with van der Waals surface area (Å²) in [7, 11) is 0. The van der Waals surface area contributed by atoms with Crippen molar-refractivity contribution in [3.63, 3.8) is 0 Å². The van der Waals surface area contributed by atoms with Crippen molar-refractivity contribution in [3.05, 3.63) is 46.0 Å². The van der Waals surface area contributed by atoms with Crippen molar-refractivity contribution in [1.29, 1.82) is 0 Å². The van der Waals surface area contributed by atoms with Crippen molar-refractivity contribution in [2.45, 2.75) is 32.7 Å². The number of piperidine rings is 1. The van der Waals surface area contributed by atoms with Gasteiger partial charge in [-0.05, 0) is 38.8 Å². The van der Waals surface area contributed by atoms with Crippen molar-refractivity contribution in [2.75, 3.05) is 18.0 Å². The molecule has 0 radical (unpaired) electrons. The molecular formula is C18H21ClN4O3. The maximum atomic E-state index is 12.4. The lowest BCUT2D eigenvalue weighted by Gasteiger charge is -2.33. The van der Waals surface area contributed by atoms with Crippen molar-refractivity contribution in [2.24, 2.45) is 5.73 Å². The molecule has 1 saturated heterocycles. The van der Waals surface area contributed by atoms with Crippen LogP contribution in [0.2, 0.25) is 5.02 Å². The van der Waals surface area contributed by atoms with Crippen LogP contribution in [0.15, 0.2) is 22.7 Å². The summed E-state index contributed by atoms with van der Waals surface area (Å²) >= 11 is 6.23. The Balaban J connectivity index is 1.60. The summed E-state index contributed by atoms with van der Waals surface area (Å²) in [6.07, 6.45) is 2.96. The summed E-state index contributed by atoms with van der Waals surface area (Å²) in [5.41, 5.74) is 6.36. The molecule has 0 bridgehead atoms. The quantitative estimate of drug-likeness (QED) is 0.853. The van der Waals surface area contributed by atoms with E-state index in [-0.39, 0.29) is 17.5 Å². The molecule has 1 fully saturated rings. The fourth-order valence-corrected chi connectivity index (χ4v) is 3.44. The Morgan fingerprint density at radius 3 is 2.54 bits per heavy atom. The molecule has 1 aliphatic heterocycles. The van der Waals surface area contributed by atoms with Crippen molar-refractivity contribution < 1.29 is 14.0 Å². The van der Waals surface area contributed by atoms with Gasteiger partial charge in [-0.2, -0.15) is 0 Å². The number of pyridine rings is 1. The standard InChI is InChI=1S/C18H21ClN4O3/c1-10-7-11(2)26-15(10)18(25)22-13-3-5-23(6-4-13)17-14(19)8-12(9-21-17)16(20)24/h7-9,13H,3-6H2,1-2H3,(H2,20,24)(H,22,25). The number of rotatable bonds is 4. The van der Waals surface area contributed by atoms with Crippen LogP contribution in [0.1, 0.15) is 45.1 Å². The van der Waals surface area contributed by atoms with Crippen LogP contribution in [0, 0.1) is 13.8 Å². The Bertz CT molecular complexity index is 841. The van der Waals surface area contributed by atoms with Crippen LogP contribution >= 0.6 is 11.6 Å². The first kappa shape index (κ1) is 18.3. The number of aromatic nitrogens is 1. The van der Waals surface area contributed by atoms with E-state index in [0.717, 1.165) is 24.2 Å². The average Bonchev–Trinajstić information content (AvgIpc) is 2.94. The molecule has 0 aliphatic carbocycles. The number of halogens is 1. The normalized spacial score (nSPS) is 15.1. The predicted octanol–water partition coefficient (Wildman–Crippen LogP) is 2.44. The molecular weight excluding hydrogens is 356 g/mol. The van der Waals surface area contributed by atoms with E-state index in [1.54, 1.807) is 0 Å². The van der Waals surface area contributed by atoms with Gasteiger partial charge >= 0.3 is 0 Å². The zero-order valence-corrected chi connectivity index (χ0v) is 15.5. The topological polar surface area (TPSA) is 101 Å². The first-order chi connectivity index (χ1) is 12.3. The number of nitrogens with one attached hydrogen (secondary N) is 1. The summed E-state index contributed by atoms with van der Waals surface area (Å²) < 4.78 is 5.47. The van der Waals surface area contributed by atoms with Gasteiger partial charge in [0, 0.05) is 30.9 Å². The second kappa shape index (κ2) is 7.37. The van der Waals surface area contributed by atoms with Crippen LogP contribution in [0.4, 0.5) is 5.82 Å². The molecule has 8 heteroatoms. The number of hydrogen-bond donors (Lipinski definition) is 2. The van der Waals surface area contributed by atoms with E-state index in [2.05, 4.69) is 10.3 Å². The summed E-state index contributed by atoms with van der Waals surface area (Å²) in [4.78, 5) is 29.9. The summed E-state index contributed by atoms with van der Waals surface area (Å²) in [5, 5.41) is 3.42. The largest absolute Gasteiger partial charge is 0.456 e. The molecule has 3 N–H and O–H groups in total. The van der Waals surface area contributed by atoms with Crippen LogP contribution in [-0.4, -0.2) is 35.9 Å². The second-order valence-electron chi connectivity index (χ2n) is 6.50. The SMILES string of the molecule is Cc1cc(C)c(C(=O)NC2CCN(c3ncc(C(N)=O)cc3Cl)CC2)o1. The maximum Gasteiger partial charge on any atom is 0.287 e. The number of aryl methyl sites for hydroxylation is 2. The maximum absolute atomic E-state index is 12.4. The summed E-state index contributed by atoms with van der Waals surface area (Å²) in [6, 6.07) is 3.44. The summed E-state index contributed by atoms with van der Waals surface area (Å²) in [6.45, 7) is 5.08. The summed E-state index contributed by atoms with van der Waals surface area (Å²) in [5.74, 6) is 0.977. The third-order valence-corrected chi connectivity index (χ3v) is 4.76. The van der Waals surface area contributed by atoms with Crippen molar-refractivity contribution in [3.8, 4) is 0 Å². The van der Waals surface area contributed by atoms with Crippen LogP contribution in [0.25, 0.3) is 0 Å². The number of hydrogen-bond acceptors (Lipinski definition) is 5. The molecule has 26 heavy (non-hydrogen) atoms. The lowest BCUT2D eigenvalue weighted by atomic mass is 10.0. The highest BCUT2D eigenvalue weighted by atomic mass is 35.5. The molecule has 2 aromatic heterocycles. The Morgan fingerprint density at radius 2 is 2.00 bits per heavy atom. The highest BCUT2D eigenvalue weighted by molar-refractivity contribution is 6.33. The van der Waals surface area contributed by atoms with Crippen molar-refractivity contribution in [1.82, 2.24) is 10.3 Å². The van der Waals surface area contributed by atoms with Crippen LogP contribution in [0.3, 0.4) is 0 Å².